The van der Waals surface area contributed by atoms with E-state index in [1.54, 1.807) is 6.07 Å². The number of halogens is 3. The van der Waals surface area contributed by atoms with Crippen molar-refractivity contribution in [1.29, 1.82) is 0 Å². The van der Waals surface area contributed by atoms with Gasteiger partial charge in [0.25, 0.3) is 5.91 Å². The largest absolute Gasteiger partial charge is 0.350 e. The van der Waals surface area contributed by atoms with Gasteiger partial charge in [-0.15, -0.1) is 0 Å². The van der Waals surface area contributed by atoms with Gasteiger partial charge in [0, 0.05) is 30.1 Å². The molecule has 33 heavy (non-hydrogen) atoms. The topological polar surface area (TPSA) is 95.6 Å². The number of rotatable bonds is 6. The molecular weight excluding hydrogens is 476 g/mol. The Morgan fingerprint density at radius 2 is 1.73 bits per heavy atom. The van der Waals surface area contributed by atoms with Crippen LogP contribution < -0.4 is 10.6 Å². The Labute approximate surface area is 196 Å². The van der Waals surface area contributed by atoms with Gasteiger partial charge in [-0.05, 0) is 63.1 Å². The van der Waals surface area contributed by atoms with Gasteiger partial charge < -0.3 is 10.6 Å². The number of amides is 2. The molecule has 0 radical (unpaired) electrons. The summed E-state index contributed by atoms with van der Waals surface area (Å²) in [5, 5.41) is 5.84. The molecule has 1 saturated heterocycles. The molecule has 2 aromatic rings. The highest BCUT2D eigenvalue weighted by atomic mass is 35.5. The highest BCUT2D eigenvalue weighted by Crippen LogP contribution is 2.27. The number of hydrogen-bond donors (Lipinski definition) is 2. The summed E-state index contributed by atoms with van der Waals surface area (Å²) in [5.41, 5.74) is 0.530. The van der Waals surface area contributed by atoms with Crippen molar-refractivity contribution < 1.29 is 26.8 Å². The van der Waals surface area contributed by atoms with E-state index in [0.29, 0.717) is 11.1 Å². The summed E-state index contributed by atoms with van der Waals surface area (Å²) in [6.45, 7) is 3.70. The molecule has 1 heterocycles. The molecule has 3 rings (SSSR count). The summed E-state index contributed by atoms with van der Waals surface area (Å²) in [4.78, 5) is 24.9. The number of piperidine rings is 1. The van der Waals surface area contributed by atoms with Gasteiger partial charge in [-0.3, -0.25) is 9.59 Å². The maximum absolute atomic E-state index is 13.5. The number of carbonyl (C=O) groups is 2. The van der Waals surface area contributed by atoms with E-state index in [9.17, 15) is 26.8 Å². The van der Waals surface area contributed by atoms with Crippen LogP contribution in [0.15, 0.2) is 41.3 Å². The van der Waals surface area contributed by atoms with Crippen LogP contribution in [0.5, 0.6) is 0 Å². The first-order valence-corrected chi connectivity index (χ1v) is 12.2. The van der Waals surface area contributed by atoms with Crippen LogP contribution >= 0.6 is 11.6 Å². The molecule has 0 saturated carbocycles. The third-order valence-electron chi connectivity index (χ3n) is 5.26. The zero-order valence-corrected chi connectivity index (χ0v) is 19.6. The van der Waals surface area contributed by atoms with Crippen molar-refractivity contribution in [1.82, 2.24) is 9.62 Å². The second kappa shape index (κ2) is 10.1. The second-order valence-corrected chi connectivity index (χ2v) is 10.4. The first-order chi connectivity index (χ1) is 15.5. The van der Waals surface area contributed by atoms with Gasteiger partial charge in [-0.1, -0.05) is 11.6 Å². The van der Waals surface area contributed by atoms with Gasteiger partial charge in [0.05, 0.1) is 16.1 Å². The molecule has 1 fully saturated rings. The monoisotopic (exact) mass is 499 g/mol. The molecule has 0 unspecified atom stereocenters. The number of nitrogens with one attached hydrogen (secondary N) is 2. The van der Waals surface area contributed by atoms with Crippen LogP contribution in [-0.2, 0) is 14.8 Å². The van der Waals surface area contributed by atoms with E-state index in [1.165, 1.54) is 12.1 Å². The maximum atomic E-state index is 13.5. The zero-order valence-electron chi connectivity index (χ0n) is 18.1. The average molecular weight is 500 g/mol. The Balaban J connectivity index is 1.68. The minimum absolute atomic E-state index is 0.0374. The molecule has 7 nitrogen and oxygen atoms in total. The summed E-state index contributed by atoms with van der Waals surface area (Å²) in [7, 11) is -4.02. The van der Waals surface area contributed by atoms with Gasteiger partial charge in [-0.2, -0.15) is 4.31 Å². The number of sulfonamides is 1. The lowest BCUT2D eigenvalue weighted by Gasteiger charge is -2.30. The summed E-state index contributed by atoms with van der Waals surface area (Å²) in [5.74, 6) is -3.59. The van der Waals surface area contributed by atoms with E-state index in [1.807, 2.05) is 13.8 Å². The summed E-state index contributed by atoms with van der Waals surface area (Å²) >= 11 is 6.04. The highest BCUT2D eigenvalue weighted by Gasteiger charge is 2.33. The molecule has 0 aliphatic carbocycles. The van der Waals surface area contributed by atoms with Gasteiger partial charge in [0.2, 0.25) is 15.9 Å². The third-order valence-corrected chi connectivity index (χ3v) is 7.39. The standard InChI is InChI=1S/C22H24ClF2N3O4S/c1-13(2)26-22(30)17-5-3-15(23)11-20(17)27-21(29)14-7-9-28(10-8-14)33(31,32)16-4-6-18(24)19(25)12-16/h3-6,11-14H,7-10H2,1-2H3,(H,26,30)(H,27,29). The van der Waals surface area contributed by atoms with Crippen LogP contribution in [0, 0.1) is 17.6 Å². The maximum Gasteiger partial charge on any atom is 0.253 e. The molecule has 1 aliphatic heterocycles. The molecule has 2 N–H and O–H groups in total. The van der Waals surface area contributed by atoms with Crippen molar-refractivity contribution in [3.63, 3.8) is 0 Å². The first kappa shape index (κ1) is 25.1. The number of carbonyl (C=O) groups excluding carboxylic acids is 2. The quantitative estimate of drug-likeness (QED) is 0.632. The van der Waals surface area contributed by atoms with Crippen molar-refractivity contribution in [2.24, 2.45) is 5.92 Å². The summed E-state index contributed by atoms with van der Waals surface area (Å²) in [6, 6.07) is 6.87. The predicted octanol–water partition coefficient (Wildman–Crippen LogP) is 3.80. The molecule has 2 amide bonds. The Hall–Kier alpha value is -2.56. The Bertz CT molecular complexity index is 1170. The third kappa shape index (κ3) is 5.87. The smallest absolute Gasteiger partial charge is 0.253 e. The van der Waals surface area contributed by atoms with Crippen LogP contribution in [0.1, 0.15) is 37.0 Å². The number of nitrogens with zero attached hydrogens (tertiary/aromatic N) is 1. The van der Waals surface area contributed by atoms with Gasteiger partial charge in [0.15, 0.2) is 11.6 Å². The SMILES string of the molecule is CC(C)NC(=O)c1ccc(Cl)cc1NC(=O)C1CCN(S(=O)(=O)c2ccc(F)c(F)c2)CC1. The van der Waals surface area contributed by atoms with Crippen LogP contribution in [0.3, 0.4) is 0 Å². The fourth-order valence-corrected chi connectivity index (χ4v) is 5.19. The summed E-state index contributed by atoms with van der Waals surface area (Å²) < 4.78 is 53.3. The zero-order chi connectivity index (χ0) is 24.3. The average Bonchev–Trinajstić information content (AvgIpc) is 2.75. The van der Waals surface area contributed by atoms with Crippen molar-refractivity contribution in [2.45, 2.75) is 37.6 Å². The highest BCUT2D eigenvalue weighted by molar-refractivity contribution is 7.89. The normalized spacial score (nSPS) is 15.5. The second-order valence-electron chi connectivity index (χ2n) is 8.06. The molecule has 2 aromatic carbocycles. The van der Waals surface area contributed by atoms with Crippen molar-refractivity contribution in [3.8, 4) is 0 Å². The molecule has 178 valence electrons. The predicted molar refractivity (Wildman–Crippen MR) is 121 cm³/mol. The van der Waals surface area contributed by atoms with Gasteiger partial charge in [0.1, 0.15) is 0 Å². The number of benzene rings is 2. The number of hydrogen-bond acceptors (Lipinski definition) is 4. The number of anilines is 1. The molecule has 0 spiro atoms. The Morgan fingerprint density at radius 1 is 1.06 bits per heavy atom. The van der Waals surface area contributed by atoms with Crippen molar-refractivity contribution in [3.05, 3.63) is 58.6 Å². The van der Waals surface area contributed by atoms with Crippen LogP contribution in [0.25, 0.3) is 0 Å². The van der Waals surface area contributed by atoms with E-state index in [2.05, 4.69) is 10.6 Å². The van der Waals surface area contributed by atoms with Crippen LogP contribution in [-0.4, -0.2) is 43.7 Å². The molecule has 1 aliphatic rings. The van der Waals surface area contributed by atoms with E-state index >= 15 is 0 Å². The molecule has 0 bridgehead atoms. The van der Waals surface area contributed by atoms with Crippen LogP contribution in [0.4, 0.5) is 14.5 Å². The van der Waals surface area contributed by atoms with E-state index < -0.39 is 27.6 Å². The lowest BCUT2D eigenvalue weighted by atomic mass is 9.97. The first-order valence-electron chi connectivity index (χ1n) is 10.4. The summed E-state index contributed by atoms with van der Waals surface area (Å²) in [6.07, 6.45) is 0.450. The fourth-order valence-electron chi connectivity index (χ4n) is 3.54. The van der Waals surface area contributed by atoms with Crippen molar-refractivity contribution >= 4 is 39.1 Å². The minimum Gasteiger partial charge on any atom is -0.350 e. The lowest BCUT2D eigenvalue weighted by Crippen LogP contribution is -2.41. The molecule has 0 atom stereocenters. The molecular formula is C22H24ClF2N3O4S. The molecule has 0 aromatic heterocycles. The molecule has 11 heteroatoms. The van der Waals surface area contributed by atoms with E-state index in [-0.39, 0.29) is 59.9 Å². The Morgan fingerprint density at radius 3 is 2.33 bits per heavy atom. The van der Waals surface area contributed by atoms with E-state index in [0.717, 1.165) is 16.4 Å². The van der Waals surface area contributed by atoms with Gasteiger partial charge >= 0.3 is 0 Å². The van der Waals surface area contributed by atoms with Crippen LogP contribution in [0.2, 0.25) is 5.02 Å². The Kier molecular flexibility index (Phi) is 7.71. The lowest BCUT2D eigenvalue weighted by molar-refractivity contribution is -0.120. The van der Waals surface area contributed by atoms with E-state index in [4.69, 9.17) is 11.6 Å². The van der Waals surface area contributed by atoms with Crippen molar-refractivity contribution in [2.75, 3.05) is 18.4 Å². The van der Waals surface area contributed by atoms with Gasteiger partial charge in [-0.25, -0.2) is 17.2 Å². The fraction of sp³-hybridized carbons (Fsp3) is 0.364. The minimum atomic E-state index is -4.02.